The topological polar surface area (TPSA) is 34.1 Å². The van der Waals surface area contributed by atoms with Gasteiger partial charge in [-0.2, -0.15) is 0 Å². The first-order chi connectivity index (χ1) is 9.51. The molecule has 0 unspecified atom stereocenters. The van der Waals surface area contributed by atoms with Crippen molar-refractivity contribution in [3.05, 3.63) is 42.2 Å². The molecule has 2 aromatic rings. The number of ether oxygens (including phenoxy) is 1. The summed E-state index contributed by atoms with van der Waals surface area (Å²) in [6.07, 6.45) is 0. The molecule has 1 aromatic carbocycles. The molecule has 0 saturated heterocycles. The molecule has 0 aliphatic carbocycles. The van der Waals surface area contributed by atoms with Gasteiger partial charge in [0.25, 0.3) is 0 Å². The Hall–Kier alpha value is -0.430. The van der Waals surface area contributed by atoms with Crippen molar-refractivity contribution in [2.45, 2.75) is 27.0 Å². The second-order valence-electron chi connectivity index (χ2n) is 4.46. The van der Waals surface area contributed by atoms with Crippen molar-refractivity contribution in [3.63, 3.8) is 0 Å². The monoisotopic (exact) mass is 418 g/mol. The fourth-order valence-corrected chi connectivity index (χ4v) is 4.15. The smallest absolute Gasteiger partial charge is 0.148 e. The summed E-state index contributed by atoms with van der Waals surface area (Å²) in [5.74, 6) is 0.815. The van der Waals surface area contributed by atoms with Crippen LogP contribution in [0.1, 0.15) is 21.1 Å². The van der Waals surface area contributed by atoms with Crippen LogP contribution in [0.3, 0.4) is 0 Å². The van der Waals surface area contributed by atoms with Crippen LogP contribution < -0.4 is 10.1 Å². The van der Waals surface area contributed by atoms with Gasteiger partial charge < -0.3 is 10.1 Å². The number of nitrogens with zero attached hydrogens (tertiary/aromatic N) is 1. The molecule has 0 fully saturated rings. The van der Waals surface area contributed by atoms with Crippen LogP contribution in [0.5, 0.6) is 5.75 Å². The van der Waals surface area contributed by atoms with Gasteiger partial charge in [-0.25, -0.2) is 4.98 Å². The Morgan fingerprint density at radius 3 is 2.40 bits per heavy atom. The third kappa shape index (κ3) is 3.81. The van der Waals surface area contributed by atoms with E-state index in [1.54, 1.807) is 11.3 Å². The predicted molar refractivity (Wildman–Crippen MR) is 90.5 cm³/mol. The summed E-state index contributed by atoms with van der Waals surface area (Å²) >= 11 is 8.80. The summed E-state index contributed by atoms with van der Waals surface area (Å²) in [4.78, 5) is 5.73. The Balaban J connectivity index is 2.13. The van der Waals surface area contributed by atoms with E-state index in [0.717, 1.165) is 31.9 Å². The van der Waals surface area contributed by atoms with E-state index < -0.39 is 0 Å². The Bertz CT molecular complexity index is 571. The number of halogens is 2. The molecule has 108 valence electrons. The lowest BCUT2D eigenvalue weighted by Crippen LogP contribution is -2.05. The van der Waals surface area contributed by atoms with Gasteiger partial charge in [0.1, 0.15) is 17.4 Å². The van der Waals surface area contributed by atoms with E-state index >= 15 is 0 Å². The van der Waals surface area contributed by atoms with Gasteiger partial charge in [0.15, 0.2) is 0 Å². The molecule has 2 rings (SSSR count). The van der Waals surface area contributed by atoms with Crippen LogP contribution in [-0.4, -0.2) is 12.0 Å². The lowest BCUT2D eigenvalue weighted by Gasteiger charge is -2.11. The first-order valence-corrected chi connectivity index (χ1v) is 8.59. The van der Waals surface area contributed by atoms with Crippen LogP contribution >= 0.6 is 43.2 Å². The van der Waals surface area contributed by atoms with Gasteiger partial charge in [-0.3, -0.25) is 0 Å². The highest BCUT2D eigenvalue weighted by molar-refractivity contribution is 9.11. The van der Waals surface area contributed by atoms with Crippen LogP contribution in [0.15, 0.2) is 21.1 Å². The molecule has 1 N–H and O–H groups in total. The highest BCUT2D eigenvalue weighted by Gasteiger charge is 2.11. The van der Waals surface area contributed by atoms with Gasteiger partial charge in [0.2, 0.25) is 0 Å². The Kier molecular flexibility index (Phi) is 5.60. The summed E-state index contributed by atoms with van der Waals surface area (Å²) in [5, 5.41) is 4.13. The van der Waals surface area contributed by atoms with Gasteiger partial charge >= 0.3 is 0 Å². The van der Waals surface area contributed by atoms with E-state index in [1.807, 2.05) is 14.0 Å². The zero-order valence-electron chi connectivity index (χ0n) is 11.6. The van der Waals surface area contributed by atoms with Crippen molar-refractivity contribution < 1.29 is 4.74 Å². The molecule has 0 radical (unpaired) electrons. The highest BCUT2D eigenvalue weighted by Crippen LogP contribution is 2.35. The van der Waals surface area contributed by atoms with E-state index in [4.69, 9.17) is 4.74 Å². The van der Waals surface area contributed by atoms with Crippen molar-refractivity contribution in [1.29, 1.82) is 0 Å². The number of aromatic nitrogens is 1. The van der Waals surface area contributed by atoms with E-state index in [9.17, 15) is 0 Å². The van der Waals surface area contributed by atoms with Gasteiger partial charge in [0.05, 0.1) is 14.6 Å². The summed E-state index contributed by atoms with van der Waals surface area (Å²) in [5.41, 5.74) is 2.27. The largest absolute Gasteiger partial charge is 0.484 e. The summed E-state index contributed by atoms with van der Waals surface area (Å²) < 4.78 is 7.78. The third-order valence-corrected chi connectivity index (χ3v) is 5.08. The van der Waals surface area contributed by atoms with Crippen molar-refractivity contribution in [2.75, 3.05) is 7.05 Å². The van der Waals surface area contributed by atoms with Gasteiger partial charge in [-0.15, -0.1) is 11.3 Å². The molecule has 0 aliphatic heterocycles. The molecule has 0 saturated carbocycles. The van der Waals surface area contributed by atoms with E-state index in [0.29, 0.717) is 6.61 Å². The molecule has 0 bridgehead atoms. The lowest BCUT2D eigenvalue weighted by molar-refractivity contribution is 0.301. The molecule has 3 nitrogen and oxygen atoms in total. The van der Waals surface area contributed by atoms with Gasteiger partial charge in [0, 0.05) is 11.4 Å². The van der Waals surface area contributed by atoms with Crippen LogP contribution in [-0.2, 0) is 13.2 Å². The Morgan fingerprint density at radius 2 is 1.90 bits per heavy atom. The normalized spacial score (nSPS) is 10.8. The standard InChI is InChI=1S/C14H16Br2N2OS/c1-8-9(2)20-13(18-8)7-19-14-11(15)4-10(6-17-3)5-12(14)16/h4-5,17H,6-7H2,1-3H3. The minimum atomic E-state index is 0.488. The second-order valence-corrected chi connectivity index (χ2v) is 7.45. The number of thiazole rings is 1. The van der Waals surface area contributed by atoms with Crippen molar-refractivity contribution in [1.82, 2.24) is 10.3 Å². The molecular formula is C14H16Br2N2OS. The van der Waals surface area contributed by atoms with E-state index in [-0.39, 0.29) is 0 Å². The second kappa shape index (κ2) is 7.02. The molecule has 1 heterocycles. The molecular weight excluding hydrogens is 404 g/mol. The van der Waals surface area contributed by atoms with E-state index in [1.165, 1.54) is 10.4 Å². The zero-order valence-corrected chi connectivity index (χ0v) is 15.6. The van der Waals surface area contributed by atoms with Crippen LogP contribution in [0.2, 0.25) is 0 Å². The highest BCUT2D eigenvalue weighted by atomic mass is 79.9. The molecule has 6 heteroatoms. The number of nitrogens with one attached hydrogen (secondary N) is 1. The average molecular weight is 420 g/mol. The zero-order chi connectivity index (χ0) is 14.7. The van der Waals surface area contributed by atoms with Crippen LogP contribution in [0.25, 0.3) is 0 Å². The summed E-state index contributed by atoms with van der Waals surface area (Å²) in [7, 11) is 1.93. The third-order valence-electron chi connectivity index (χ3n) is 2.85. The summed E-state index contributed by atoms with van der Waals surface area (Å²) in [6.45, 7) is 5.41. The first-order valence-electron chi connectivity index (χ1n) is 6.19. The quantitative estimate of drug-likeness (QED) is 0.769. The van der Waals surface area contributed by atoms with Crippen LogP contribution in [0.4, 0.5) is 0 Å². The Labute approximate surface area is 140 Å². The fourth-order valence-electron chi connectivity index (χ4n) is 1.79. The molecule has 1 aromatic heterocycles. The van der Waals surface area contributed by atoms with Crippen molar-refractivity contribution in [3.8, 4) is 5.75 Å². The maximum atomic E-state index is 5.89. The van der Waals surface area contributed by atoms with Gasteiger partial charge in [-0.05, 0) is 70.5 Å². The number of hydrogen-bond acceptors (Lipinski definition) is 4. The van der Waals surface area contributed by atoms with Crippen molar-refractivity contribution in [2.24, 2.45) is 0 Å². The van der Waals surface area contributed by atoms with E-state index in [2.05, 4.69) is 61.2 Å². The van der Waals surface area contributed by atoms with Crippen LogP contribution in [0, 0.1) is 13.8 Å². The maximum absolute atomic E-state index is 5.89. The minimum absolute atomic E-state index is 0.488. The number of rotatable bonds is 5. The summed E-state index contributed by atoms with van der Waals surface area (Å²) in [6, 6.07) is 4.13. The molecule has 0 amide bonds. The Morgan fingerprint density at radius 1 is 1.25 bits per heavy atom. The fraction of sp³-hybridized carbons (Fsp3) is 0.357. The SMILES string of the molecule is CNCc1cc(Br)c(OCc2nc(C)c(C)s2)c(Br)c1. The maximum Gasteiger partial charge on any atom is 0.148 e. The average Bonchev–Trinajstić information content (AvgIpc) is 2.68. The minimum Gasteiger partial charge on any atom is -0.484 e. The lowest BCUT2D eigenvalue weighted by atomic mass is 10.2. The molecule has 0 aliphatic rings. The number of aryl methyl sites for hydroxylation is 2. The predicted octanol–water partition coefficient (Wildman–Crippen LogP) is 4.58. The first kappa shape index (κ1) is 15.9. The molecule has 0 atom stereocenters. The number of benzene rings is 1. The van der Waals surface area contributed by atoms with Crippen molar-refractivity contribution >= 4 is 43.2 Å². The number of hydrogen-bond donors (Lipinski definition) is 1. The molecule has 20 heavy (non-hydrogen) atoms. The van der Waals surface area contributed by atoms with Gasteiger partial charge in [-0.1, -0.05) is 0 Å². The molecule has 0 spiro atoms.